The maximum atomic E-state index is 10.4. The molecule has 1 aromatic carbocycles. The predicted octanol–water partition coefficient (Wildman–Crippen LogP) is 0.739. The second-order valence-electron chi connectivity index (χ2n) is 3.62. The molecule has 0 radical (unpaired) electrons. The Morgan fingerprint density at radius 1 is 1.29 bits per heavy atom. The highest BCUT2D eigenvalue weighted by Gasteiger charge is 2.05. The summed E-state index contributed by atoms with van der Waals surface area (Å²) in [6.45, 7) is 0.543. The summed E-state index contributed by atoms with van der Waals surface area (Å²) < 4.78 is 0. The van der Waals surface area contributed by atoms with Crippen LogP contribution in [0.4, 0.5) is 0 Å². The molecule has 0 atom stereocenters. The average molecular weight is 232 g/mol. The molecule has 88 valence electrons. The molecule has 0 bridgehead atoms. The first-order chi connectivity index (χ1) is 8.24. The molecule has 2 aromatic rings. The Bertz CT molecular complexity index is 495. The second kappa shape index (κ2) is 5.20. The average Bonchev–Trinajstić information content (AvgIpc) is 2.75. The number of aromatic nitrogens is 4. The van der Waals surface area contributed by atoms with Gasteiger partial charge in [-0.15, -0.1) is 10.2 Å². The Hall–Kier alpha value is -2.24. The molecule has 0 fully saturated rings. The number of rotatable bonds is 5. The molecule has 1 aromatic heterocycles. The van der Waals surface area contributed by atoms with E-state index in [0.717, 1.165) is 5.56 Å². The molecule has 0 saturated carbocycles. The van der Waals surface area contributed by atoms with E-state index < -0.39 is 5.97 Å². The number of hydrogen-bond donors (Lipinski definition) is 1. The molecule has 2 rings (SSSR count). The highest BCUT2D eigenvalue weighted by atomic mass is 16.4. The van der Waals surface area contributed by atoms with Crippen molar-refractivity contribution < 1.29 is 9.90 Å². The van der Waals surface area contributed by atoms with Crippen molar-refractivity contribution in [3.8, 4) is 0 Å². The quantitative estimate of drug-likeness (QED) is 0.822. The Morgan fingerprint density at radius 2 is 2.06 bits per heavy atom. The van der Waals surface area contributed by atoms with E-state index in [9.17, 15) is 4.79 Å². The van der Waals surface area contributed by atoms with E-state index >= 15 is 0 Å². The molecule has 0 unspecified atom stereocenters. The smallest absolute Gasteiger partial charge is 0.303 e. The molecule has 6 heteroatoms. The second-order valence-corrected chi connectivity index (χ2v) is 3.62. The maximum Gasteiger partial charge on any atom is 0.303 e. The lowest BCUT2D eigenvalue weighted by molar-refractivity contribution is -0.137. The summed E-state index contributed by atoms with van der Waals surface area (Å²) >= 11 is 0. The van der Waals surface area contributed by atoms with Gasteiger partial charge in [-0.1, -0.05) is 30.3 Å². The van der Waals surface area contributed by atoms with E-state index in [2.05, 4.69) is 15.4 Å². The number of hydrogen-bond acceptors (Lipinski definition) is 4. The molecule has 0 amide bonds. The Kier molecular flexibility index (Phi) is 3.44. The third-order valence-corrected chi connectivity index (χ3v) is 2.22. The topological polar surface area (TPSA) is 80.9 Å². The largest absolute Gasteiger partial charge is 0.481 e. The zero-order valence-electron chi connectivity index (χ0n) is 9.15. The number of aliphatic carboxylic acids is 1. The van der Waals surface area contributed by atoms with Crippen molar-refractivity contribution in [3.63, 3.8) is 0 Å². The zero-order valence-corrected chi connectivity index (χ0v) is 9.15. The number of tetrazole rings is 1. The monoisotopic (exact) mass is 232 g/mol. The van der Waals surface area contributed by atoms with Crippen LogP contribution in [-0.4, -0.2) is 31.3 Å². The van der Waals surface area contributed by atoms with E-state index in [-0.39, 0.29) is 6.42 Å². The van der Waals surface area contributed by atoms with Crippen LogP contribution in [0.5, 0.6) is 0 Å². The third-order valence-electron chi connectivity index (χ3n) is 2.22. The molecule has 0 spiro atoms. The van der Waals surface area contributed by atoms with E-state index in [1.807, 2.05) is 30.3 Å². The summed E-state index contributed by atoms with van der Waals surface area (Å²) in [7, 11) is 0. The van der Waals surface area contributed by atoms with Crippen LogP contribution >= 0.6 is 0 Å². The zero-order chi connectivity index (χ0) is 12.1. The summed E-state index contributed by atoms with van der Waals surface area (Å²) in [6, 6.07) is 9.77. The van der Waals surface area contributed by atoms with Gasteiger partial charge in [0.1, 0.15) is 0 Å². The minimum absolute atomic E-state index is 0.0248. The van der Waals surface area contributed by atoms with Gasteiger partial charge < -0.3 is 5.11 Å². The number of nitrogens with zero attached hydrogens (tertiary/aromatic N) is 4. The summed E-state index contributed by atoms with van der Waals surface area (Å²) in [4.78, 5) is 11.9. The van der Waals surface area contributed by atoms with Gasteiger partial charge in [-0.05, 0) is 10.8 Å². The molecule has 1 N–H and O–H groups in total. The van der Waals surface area contributed by atoms with Gasteiger partial charge in [0.15, 0.2) is 5.82 Å². The van der Waals surface area contributed by atoms with Crippen LogP contribution < -0.4 is 0 Å². The van der Waals surface area contributed by atoms with Crippen LogP contribution in [0.1, 0.15) is 17.8 Å². The molecule has 6 nitrogen and oxygen atoms in total. The van der Waals surface area contributed by atoms with Crippen molar-refractivity contribution in [2.75, 3.05) is 0 Å². The van der Waals surface area contributed by atoms with E-state index in [1.165, 1.54) is 4.80 Å². The molecule has 0 aliphatic heterocycles. The van der Waals surface area contributed by atoms with Crippen LogP contribution in [-0.2, 0) is 17.8 Å². The lowest BCUT2D eigenvalue weighted by Gasteiger charge is -1.97. The molecule has 0 saturated heterocycles. The lowest BCUT2D eigenvalue weighted by atomic mass is 10.2. The minimum Gasteiger partial charge on any atom is -0.481 e. The van der Waals surface area contributed by atoms with Gasteiger partial charge in [-0.3, -0.25) is 4.79 Å². The number of carboxylic acid groups (broad SMARTS) is 1. The van der Waals surface area contributed by atoms with E-state index in [1.54, 1.807) is 0 Å². The van der Waals surface area contributed by atoms with Crippen LogP contribution in [0.15, 0.2) is 30.3 Å². The van der Waals surface area contributed by atoms with Crippen molar-refractivity contribution in [1.29, 1.82) is 0 Å². The molecular weight excluding hydrogens is 220 g/mol. The fourth-order valence-corrected chi connectivity index (χ4v) is 1.41. The van der Waals surface area contributed by atoms with Crippen molar-refractivity contribution in [2.24, 2.45) is 0 Å². The maximum absolute atomic E-state index is 10.4. The van der Waals surface area contributed by atoms with Gasteiger partial charge in [0, 0.05) is 6.42 Å². The Balaban J connectivity index is 1.97. The van der Waals surface area contributed by atoms with Crippen molar-refractivity contribution in [1.82, 2.24) is 20.2 Å². The Morgan fingerprint density at radius 3 is 2.76 bits per heavy atom. The molecule has 1 heterocycles. The predicted molar refractivity (Wildman–Crippen MR) is 59.3 cm³/mol. The third kappa shape index (κ3) is 3.37. The van der Waals surface area contributed by atoms with Gasteiger partial charge in [-0.2, -0.15) is 4.80 Å². The van der Waals surface area contributed by atoms with Crippen molar-refractivity contribution in [2.45, 2.75) is 19.4 Å². The standard InChI is InChI=1S/C11H12N4O2/c16-11(17)7-6-10-12-14-15(13-10)8-9-4-2-1-3-5-9/h1-5H,6-8H2,(H,16,17). The van der Waals surface area contributed by atoms with Gasteiger partial charge in [0.05, 0.1) is 13.0 Å². The van der Waals surface area contributed by atoms with E-state index in [0.29, 0.717) is 18.8 Å². The summed E-state index contributed by atoms with van der Waals surface area (Å²) in [6.07, 6.45) is 0.334. The fourth-order valence-electron chi connectivity index (χ4n) is 1.41. The van der Waals surface area contributed by atoms with Gasteiger partial charge in [0.2, 0.25) is 0 Å². The highest BCUT2D eigenvalue weighted by molar-refractivity contribution is 5.66. The fraction of sp³-hybridized carbons (Fsp3) is 0.273. The molecule has 17 heavy (non-hydrogen) atoms. The van der Waals surface area contributed by atoms with Crippen LogP contribution in [0, 0.1) is 0 Å². The van der Waals surface area contributed by atoms with Gasteiger partial charge in [-0.25, -0.2) is 0 Å². The molecule has 0 aliphatic rings. The summed E-state index contributed by atoms with van der Waals surface area (Å²) in [5, 5.41) is 20.3. The first-order valence-corrected chi connectivity index (χ1v) is 5.26. The molecule has 0 aliphatic carbocycles. The Labute approximate surface area is 97.9 Å². The molecular formula is C11H12N4O2. The minimum atomic E-state index is -0.857. The number of aryl methyl sites for hydroxylation is 1. The van der Waals surface area contributed by atoms with E-state index in [4.69, 9.17) is 5.11 Å². The normalized spacial score (nSPS) is 10.4. The van der Waals surface area contributed by atoms with Crippen molar-refractivity contribution >= 4 is 5.97 Å². The highest BCUT2D eigenvalue weighted by Crippen LogP contribution is 2.00. The van der Waals surface area contributed by atoms with Crippen LogP contribution in [0.3, 0.4) is 0 Å². The SMILES string of the molecule is O=C(O)CCc1nnn(Cc2ccccc2)n1. The number of carboxylic acids is 1. The lowest BCUT2D eigenvalue weighted by Crippen LogP contribution is -2.04. The first kappa shape index (κ1) is 11.3. The summed E-state index contributed by atoms with van der Waals surface area (Å²) in [5.41, 5.74) is 1.08. The van der Waals surface area contributed by atoms with Crippen LogP contribution in [0.25, 0.3) is 0 Å². The van der Waals surface area contributed by atoms with Gasteiger partial charge >= 0.3 is 5.97 Å². The van der Waals surface area contributed by atoms with Crippen LogP contribution in [0.2, 0.25) is 0 Å². The number of benzene rings is 1. The van der Waals surface area contributed by atoms with Gasteiger partial charge in [0.25, 0.3) is 0 Å². The summed E-state index contributed by atoms with van der Waals surface area (Å²) in [5.74, 6) is -0.396. The van der Waals surface area contributed by atoms with Crippen molar-refractivity contribution in [3.05, 3.63) is 41.7 Å². The number of carbonyl (C=O) groups is 1. The first-order valence-electron chi connectivity index (χ1n) is 5.26.